The molecule has 0 aromatic heterocycles. The molecule has 1 aromatic rings. The lowest BCUT2D eigenvalue weighted by Gasteiger charge is -2.12. The molecule has 0 saturated carbocycles. The second-order valence-corrected chi connectivity index (χ2v) is 4.36. The fraction of sp³-hybridized carbons (Fsp3) is 0.462. The maximum Gasteiger partial charge on any atom is 0.298 e. The number of carbonyl (C=O) groups excluding carboxylic acids is 1. The monoisotopic (exact) mass is 206 g/mol. The first-order valence-corrected chi connectivity index (χ1v) is 5.29. The molecule has 0 fully saturated rings. The third kappa shape index (κ3) is 3.08. The second-order valence-electron chi connectivity index (χ2n) is 4.36. The lowest BCUT2D eigenvalue weighted by atomic mass is 9.95. The second kappa shape index (κ2) is 4.96. The van der Waals surface area contributed by atoms with Crippen LogP contribution >= 0.6 is 0 Å². The lowest BCUT2D eigenvalue weighted by molar-refractivity contribution is -0.120. The van der Waals surface area contributed by atoms with Crippen LogP contribution in [0.1, 0.15) is 50.7 Å². The number of ether oxygens (including phenoxy) is 1. The average Bonchev–Trinajstić information content (AvgIpc) is 2.17. The first kappa shape index (κ1) is 11.8. The van der Waals surface area contributed by atoms with E-state index in [0.717, 1.165) is 0 Å². The number of benzene rings is 1. The molecule has 0 heterocycles. The Hall–Kier alpha value is -1.31. The highest BCUT2D eigenvalue weighted by Crippen LogP contribution is 2.26. The molecule has 0 unspecified atom stereocenters. The zero-order chi connectivity index (χ0) is 11.4. The third-order valence-electron chi connectivity index (χ3n) is 2.47. The number of rotatable bonds is 4. The molecular formula is C13H18O2. The molecule has 0 amide bonds. The summed E-state index contributed by atoms with van der Waals surface area (Å²) >= 11 is 0. The molecule has 1 aromatic carbocycles. The molecule has 0 N–H and O–H groups in total. The van der Waals surface area contributed by atoms with E-state index >= 15 is 0 Å². The maximum atomic E-state index is 10.3. The molecule has 2 nitrogen and oxygen atoms in total. The molecule has 82 valence electrons. The van der Waals surface area contributed by atoms with Gasteiger partial charge in [0.1, 0.15) is 5.75 Å². The van der Waals surface area contributed by atoms with Gasteiger partial charge in [0.25, 0.3) is 6.47 Å². The Bertz CT molecular complexity index is 314. The van der Waals surface area contributed by atoms with Crippen molar-refractivity contribution in [2.24, 2.45) is 0 Å². The van der Waals surface area contributed by atoms with Crippen LogP contribution in [0, 0.1) is 0 Å². The highest BCUT2D eigenvalue weighted by atomic mass is 16.5. The van der Waals surface area contributed by atoms with Gasteiger partial charge >= 0.3 is 0 Å². The van der Waals surface area contributed by atoms with Crippen molar-refractivity contribution in [3.8, 4) is 5.75 Å². The summed E-state index contributed by atoms with van der Waals surface area (Å²) in [6.07, 6.45) is 0. The Morgan fingerprint density at radius 1 is 1.00 bits per heavy atom. The lowest BCUT2D eigenvalue weighted by Crippen LogP contribution is -1.97. The molecule has 0 radical (unpaired) electrons. The quantitative estimate of drug-likeness (QED) is 0.705. The Morgan fingerprint density at radius 3 is 1.80 bits per heavy atom. The van der Waals surface area contributed by atoms with Crippen molar-refractivity contribution in [1.82, 2.24) is 0 Å². The predicted molar refractivity (Wildman–Crippen MR) is 61.3 cm³/mol. The van der Waals surface area contributed by atoms with Gasteiger partial charge < -0.3 is 4.74 Å². The smallest absolute Gasteiger partial charge is 0.298 e. The van der Waals surface area contributed by atoms with E-state index in [0.29, 0.717) is 24.1 Å². The molecule has 2 heteroatoms. The number of hydrogen-bond acceptors (Lipinski definition) is 2. The van der Waals surface area contributed by atoms with E-state index in [1.165, 1.54) is 11.1 Å². The van der Waals surface area contributed by atoms with Crippen molar-refractivity contribution >= 4 is 6.47 Å². The SMILES string of the molecule is CC(C)c1cc(OC=O)cc(C(C)C)c1. The number of carbonyl (C=O) groups is 1. The van der Waals surface area contributed by atoms with Crippen molar-refractivity contribution in [3.63, 3.8) is 0 Å². The summed E-state index contributed by atoms with van der Waals surface area (Å²) in [7, 11) is 0. The zero-order valence-electron chi connectivity index (χ0n) is 9.78. The molecule has 0 aliphatic heterocycles. The van der Waals surface area contributed by atoms with E-state index in [2.05, 4.69) is 33.8 Å². The Kier molecular flexibility index (Phi) is 3.89. The molecule has 0 bridgehead atoms. The number of hydrogen-bond donors (Lipinski definition) is 0. The summed E-state index contributed by atoms with van der Waals surface area (Å²) in [6, 6.07) is 6.02. The normalized spacial score (nSPS) is 10.8. The van der Waals surface area contributed by atoms with Gasteiger partial charge in [-0.05, 0) is 35.1 Å². The van der Waals surface area contributed by atoms with Crippen LogP contribution in [0.25, 0.3) is 0 Å². The predicted octanol–water partition coefficient (Wildman–Crippen LogP) is 3.47. The van der Waals surface area contributed by atoms with Gasteiger partial charge in [0.2, 0.25) is 0 Å². The first-order chi connectivity index (χ1) is 7.04. The van der Waals surface area contributed by atoms with E-state index in [9.17, 15) is 4.79 Å². The highest BCUT2D eigenvalue weighted by molar-refractivity contribution is 5.47. The molecule has 0 spiro atoms. The van der Waals surface area contributed by atoms with Gasteiger partial charge in [-0.3, -0.25) is 4.79 Å². The van der Waals surface area contributed by atoms with E-state index in [4.69, 9.17) is 4.74 Å². The van der Waals surface area contributed by atoms with Crippen molar-refractivity contribution in [2.75, 3.05) is 0 Å². The van der Waals surface area contributed by atoms with Crippen LogP contribution in [0.5, 0.6) is 5.75 Å². The standard InChI is InChI=1S/C13H18O2/c1-9(2)11-5-12(10(3)4)7-13(6-11)15-8-14/h5-10H,1-4H3. The highest BCUT2D eigenvalue weighted by Gasteiger charge is 2.07. The van der Waals surface area contributed by atoms with Gasteiger partial charge in [0.15, 0.2) is 0 Å². The minimum absolute atomic E-state index is 0.442. The first-order valence-electron chi connectivity index (χ1n) is 5.29. The van der Waals surface area contributed by atoms with E-state index in [1.807, 2.05) is 12.1 Å². The molecular weight excluding hydrogens is 188 g/mol. The minimum Gasteiger partial charge on any atom is -0.429 e. The summed E-state index contributed by atoms with van der Waals surface area (Å²) in [4.78, 5) is 10.3. The van der Waals surface area contributed by atoms with Crippen molar-refractivity contribution in [1.29, 1.82) is 0 Å². The van der Waals surface area contributed by atoms with Gasteiger partial charge in [-0.1, -0.05) is 33.8 Å². The molecule has 0 saturated heterocycles. The fourth-order valence-electron chi connectivity index (χ4n) is 1.44. The van der Waals surface area contributed by atoms with E-state index < -0.39 is 0 Å². The van der Waals surface area contributed by atoms with Crippen LogP contribution in [-0.4, -0.2) is 6.47 Å². The maximum absolute atomic E-state index is 10.3. The van der Waals surface area contributed by atoms with Gasteiger partial charge in [0.05, 0.1) is 0 Å². The van der Waals surface area contributed by atoms with Crippen LogP contribution in [0.3, 0.4) is 0 Å². The van der Waals surface area contributed by atoms with Crippen molar-refractivity contribution < 1.29 is 9.53 Å². The summed E-state index contributed by atoms with van der Waals surface area (Å²) in [5.74, 6) is 1.52. The Labute approximate surface area is 91.3 Å². The largest absolute Gasteiger partial charge is 0.429 e. The third-order valence-corrected chi connectivity index (χ3v) is 2.47. The Morgan fingerprint density at radius 2 is 1.47 bits per heavy atom. The van der Waals surface area contributed by atoms with Crippen LogP contribution in [0.15, 0.2) is 18.2 Å². The average molecular weight is 206 g/mol. The molecule has 0 atom stereocenters. The van der Waals surface area contributed by atoms with Crippen LogP contribution in [0.2, 0.25) is 0 Å². The summed E-state index contributed by atoms with van der Waals surface area (Å²) in [5.41, 5.74) is 2.41. The van der Waals surface area contributed by atoms with Gasteiger partial charge in [-0.15, -0.1) is 0 Å². The van der Waals surface area contributed by atoms with Crippen LogP contribution in [-0.2, 0) is 4.79 Å². The van der Waals surface area contributed by atoms with E-state index in [1.54, 1.807) is 0 Å². The Balaban J connectivity index is 3.13. The fourth-order valence-corrected chi connectivity index (χ4v) is 1.44. The topological polar surface area (TPSA) is 26.3 Å². The molecule has 1 rings (SSSR count). The van der Waals surface area contributed by atoms with E-state index in [-0.39, 0.29) is 0 Å². The van der Waals surface area contributed by atoms with Gasteiger partial charge in [-0.2, -0.15) is 0 Å². The van der Waals surface area contributed by atoms with Crippen molar-refractivity contribution in [3.05, 3.63) is 29.3 Å². The van der Waals surface area contributed by atoms with Gasteiger partial charge in [-0.25, -0.2) is 0 Å². The van der Waals surface area contributed by atoms with Crippen LogP contribution in [0.4, 0.5) is 0 Å². The zero-order valence-corrected chi connectivity index (χ0v) is 9.78. The molecule has 15 heavy (non-hydrogen) atoms. The summed E-state index contributed by atoms with van der Waals surface area (Å²) < 4.78 is 4.91. The minimum atomic E-state index is 0.442. The summed E-state index contributed by atoms with van der Waals surface area (Å²) in [6.45, 7) is 8.99. The molecule has 0 aliphatic carbocycles. The van der Waals surface area contributed by atoms with Gasteiger partial charge in [0, 0.05) is 0 Å². The van der Waals surface area contributed by atoms with Crippen molar-refractivity contribution in [2.45, 2.75) is 39.5 Å². The van der Waals surface area contributed by atoms with Crippen LogP contribution < -0.4 is 4.74 Å². The summed E-state index contributed by atoms with van der Waals surface area (Å²) in [5, 5.41) is 0. The molecule has 0 aliphatic rings.